The van der Waals surface area contributed by atoms with E-state index in [-0.39, 0.29) is 5.97 Å². The Hall–Kier alpha value is -1.05. The first-order valence-electron chi connectivity index (χ1n) is 6.33. The zero-order chi connectivity index (χ0) is 11.6. The van der Waals surface area contributed by atoms with Crippen LogP contribution < -0.4 is 0 Å². The van der Waals surface area contributed by atoms with E-state index >= 15 is 0 Å². The van der Waals surface area contributed by atoms with Crippen molar-refractivity contribution >= 4 is 5.97 Å². The summed E-state index contributed by atoms with van der Waals surface area (Å²) in [5, 5.41) is 0. The van der Waals surface area contributed by atoms with Crippen LogP contribution in [0.1, 0.15) is 58.3 Å². The smallest absolute Gasteiger partial charge is 0.307 e. The SMILES string of the molecule is CC(=O)O/C1=C/C=C\CCCCCCCC1. The molecular formula is C14H22O2. The Balaban J connectivity index is 2.50. The second kappa shape index (κ2) is 8.14. The minimum Gasteiger partial charge on any atom is -0.431 e. The van der Waals surface area contributed by atoms with Gasteiger partial charge in [0.25, 0.3) is 0 Å². The lowest BCUT2D eigenvalue weighted by Gasteiger charge is -2.07. The molecule has 0 aliphatic heterocycles. The van der Waals surface area contributed by atoms with Gasteiger partial charge in [-0.2, -0.15) is 0 Å². The van der Waals surface area contributed by atoms with Crippen LogP contribution in [0, 0.1) is 0 Å². The summed E-state index contributed by atoms with van der Waals surface area (Å²) < 4.78 is 5.17. The summed E-state index contributed by atoms with van der Waals surface area (Å²) in [6.45, 7) is 1.46. The van der Waals surface area contributed by atoms with E-state index in [9.17, 15) is 4.79 Å². The molecule has 0 saturated carbocycles. The van der Waals surface area contributed by atoms with Crippen LogP contribution in [0.2, 0.25) is 0 Å². The third kappa shape index (κ3) is 6.44. The van der Waals surface area contributed by atoms with Gasteiger partial charge in [0.1, 0.15) is 5.76 Å². The molecule has 0 saturated heterocycles. The maximum atomic E-state index is 10.9. The Kier molecular flexibility index (Phi) is 6.62. The third-order valence-corrected chi connectivity index (χ3v) is 2.74. The van der Waals surface area contributed by atoms with Gasteiger partial charge >= 0.3 is 5.97 Å². The van der Waals surface area contributed by atoms with Gasteiger partial charge in [0.15, 0.2) is 0 Å². The van der Waals surface area contributed by atoms with Crippen molar-refractivity contribution in [2.24, 2.45) is 0 Å². The van der Waals surface area contributed by atoms with E-state index in [1.807, 2.05) is 12.2 Å². The summed E-state index contributed by atoms with van der Waals surface area (Å²) in [5.41, 5.74) is 0. The summed E-state index contributed by atoms with van der Waals surface area (Å²) >= 11 is 0. The second-order valence-electron chi connectivity index (χ2n) is 4.31. The highest BCUT2D eigenvalue weighted by atomic mass is 16.5. The van der Waals surface area contributed by atoms with E-state index in [0.717, 1.165) is 25.0 Å². The van der Waals surface area contributed by atoms with Crippen molar-refractivity contribution in [1.29, 1.82) is 0 Å². The molecule has 1 rings (SSSR count). The summed E-state index contributed by atoms with van der Waals surface area (Å²) in [5.74, 6) is 0.594. The first-order valence-corrected chi connectivity index (χ1v) is 6.33. The molecule has 0 aromatic heterocycles. The minimum atomic E-state index is -0.216. The highest BCUT2D eigenvalue weighted by Gasteiger charge is 2.02. The van der Waals surface area contributed by atoms with Gasteiger partial charge in [0.05, 0.1) is 0 Å². The quantitative estimate of drug-likeness (QED) is 0.624. The zero-order valence-electron chi connectivity index (χ0n) is 10.2. The van der Waals surface area contributed by atoms with E-state index < -0.39 is 0 Å². The first-order chi connectivity index (χ1) is 7.79. The molecule has 0 amide bonds. The fourth-order valence-electron chi connectivity index (χ4n) is 1.89. The normalized spacial score (nSPS) is 24.4. The highest BCUT2D eigenvalue weighted by molar-refractivity contribution is 5.67. The van der Waals surface area contributed by atoms with Crippen LogP contribution in [-0.4, -0.2) is 5.97 Å². The molecule has 0 unspecified atom stereocenters. The summed E-state index contributed by atoms with van der Waals surface area (Å²) in [6.07, 6.45) is 15.7. The summed E-state index contributed by atoms with van der Waals surface area (Å²) in [7, 11) is 0. The lowest BCUT2D eigenvalue weighted by atomic mass is 10.1. The van der Waals surface area contributed by atoms with E-state index in [1.54, 1.807) is 0 Å². The van der Waals surface area contributed by atoms with Crippen molar-refractivity contribution in [3.05, 3.63) is 24.0 Å². The fraction of sp³-hybridized carbons (Fsp3) is 0.643. The Morgan fingerprint density at radius 1 is 1.12 bits per heavy atom. The molecule has 0 heterocycles. The second-order valence-corrected chi connectivity index (χ2v) is 4.31. The van der Waals surface area contributed by atoms with Gasteiger partial charge in [-0.15, -0.1) is 0 Å². The van der Waals surface area contributed by atoms with Gasteiger partial charge in [-0.25, -0.2) is 0 Å². The van der Waals surface area contributed by atoms with Crippen LogP contribution in [-0.2, 0) is 9.53 Å². The van der Waals surface area contributed by atoms with Gasteiger partial charge in [0.2, 0.25) is 0 Å². The molecule has 16 heavy (non-hydrogen) atoms. The average Bonchev–Trinajstić information content (AvgIpc) is 2.21. The van der Waals surface area contributed by atoms with Crippen LogP contribution in [0.5, 0.6) is 0 Å². The number of carbonyl (C=O) groups excluding carboxylic acids is 1. The Morgan fingerprint density at radius 2 is 1.81 bits per heavy atom. The van der Waals surface area contributed by atoms with Gasteiger partial charge < -0.3 is 4.74 Å². The molecule has 2 nitrogen and oxygen atoms in total. The van der Waals surface area contributed by atoms with Crippen molar-refractivity contribution in [3.8, 4) is 0 Å². The zero-order valence-corrected chi connectivity index (χ0v) is 10.2. The van der Waals surface area contributed by atoms with Gasteiger partial charge in [-0.3, -0.25) is 4.79 Å². The molecule has 2 heteroatoms. The van der Waals surface area contributed by atoms with Crippen molar-refractivity contribution in [1.82, 2.24) is 0 Å². The molecule has 0 spiro atoms. The maximum absolute atomic E-state index is 10.9. The maximum Gasteiger partial charge on any atom is 0.307 e. The van der Waals surface area contributed by atoms with E-state index in [2.05, 4.69) is 6.08 Å². The third-order valence-electron chi connectivity index (χ3n) is 2.74. The lowest BCUT2D eigenvalue weighted by molar-refractivity contribution is -0.137. The highest BCUT2D eigenvalue weighted by Crippen LogP contribution is 2.15. The average molecular weight is 222 g/mol. The van der Waals surface area contributed by atoms with Crippen LogP contribution in [0.4, 0.5) is 0 Å². The van der Waals surface area contributed by atoms with Crippen molar-refractivity contribution in [2.75, 3.05) is 0 Å². The van der Waals surface area contributed by atoms with Crippen LogP contribution >= 0.6 is 0 Å². The molecule has 0 N–H and O–H groups in total. The molecule has 0 fully saturated rings. The standard InChI is InChI=1S/C14H22O2/c1-13(15)16-14-11-9-7-5-3-2-4-6-8-10-12-14/h7,9,11H,2-6,8,10,12H2,1H3/b9-7-,14-11+. The van der Waals surface area contributed by atoms with Crippen LogP contribution in [0.25, 0.3) is 0 Å². The number of esters is 1. The lowest BCUT2D eigenvalue weighted by Crippen LogP contribution is -1.99. The monoisotopic (exact) mass is 222 g/mol. The number of carbonyl (C=O) groups is 1. The van der Waals surface area contributed by atoms with E-state index in [0.29, 0.717) is 0 Å². The summed E-state index contributed by atoms with van der Waals surface area (Å²) in [6, 6.07) is 0. The van der Waals surface area contributed by atoms with E-state index in [4.69, 9.17) is 4.74 Å². The van der Waals surface area contributed by atoms with Gasteiger partial charge in [0, 0.05) is 13.3 Å². The fourth-order valence-corrected chi connectivity index (χ4v) is 1.89. The van der Waals surface area contributed by atoms with Crippen molar-refractivity contribution < 1.29 is 9.53 Å². The predicted molar refractivity (Wildman–Crippen MR) is 65.9 cm³/mol. The predicted octanol–water partition coefficient (Wildman–Crippen LogP) is 4.12. The number of ether oxygens (including phenoxy) is 1. The topological polar surface area (TPSA) is 26.3 Å². The van der Waals surface area contributed by atoms with Gasteiger partial charge in [-0.1, -0.05) is 37.8 Å². The Bertz CT molecular complexity index is 264. The minimum absolute atomic E-state index is 0.216. The summed E-state index contributed by atoms with van der Waals surface area (Å²) in [4.78, 5) is 10.9. The molecule has 0 aromatic rings. The van der Waals surface area contributed by atoms with Gasteiger partial charge in [-0.05, 0) is 25.3 Å². The largest absolute Gasteiger partial charge is 0.431 e. The molecule has 0 atom stereocenters. The Labute approximate surface area is 98.4 Å². The molecule has 0 bridgehead atoms. The van der Waals surface area contributed by atoms with Crippen LogP contribution in [0.3, 0.4) is 0 Å². The van der Waals surface area contributed by atoms with Crippen molar-refractivity contribution in [3.63, 3.8) is 0 Å². The number of rotatable bonds is 1. The first kappa shape index (κ1) is 13.0. The number of hydrogen-bond donors (Lipinski definition) is 0. The number of hydrogen-bond acceptors (Lipinski definition) is 2. The van der Waals surface area contributed by atoms with Crippen LogP contribution in [0.15, 0.2) is 24.0 Å². The molecule has 1 aliphatic carbocycles. The van der Waals surface area contributed by atoms with E-state index in [1.165, 1.54) is 39.0 Å². The molecule has 90 valence electrons. The molecule has 0 aromatic carbocycles. The van der Waals surface area contributed by atoms with Crippen molar-refractivity contribution in [2.45, 2.75) is 58.3 Å². The molecule has 0 radical (unpaired) electrons. The Morgan fingerprint density at radius 3 is 2.56 bits per heavy atom. The molecular weight excluding hydrogens is 200 g/mol. The molecule has 1 aliphatic rings. The number of allylic oxidation sites excluding steroid dienone is 4.